The zero-order valence-corrected chi connectivity index (χ0v) is 18.5. The van der Waals surface area contributed by atoms with Gasteiger partial charge in [-0.15, -0.1) is 4.68 Å². The highest BCUT2D eigenvalue weighted by atomic mass is 16.5. The van der Waals surface area contributed by atoms with Gasteiger partial charge in [0, 0.05) is 12.5 Å². The van der Waals surface area contributed by atoms with Crippen molar-refractivity contribution < 1.29 is 9.53 Å². The number of aromatic nitrogens is 2. The van der Waals surface area contributed by atoms with E-state index >= 15 is 0 Å². The van der Waals surface area contributed by atoms with Gasteiger partial charge < -0.3 is 10.1 Å². The second-order valence-electron chi connectivity index (χ2n) is 8.11. The summed E-state index contributed by atoms with van der Waals surface area (Å²) in [4.78, 5) is 37.6. The smallest absolute Gasteiger partial charge is 0.353 e. The second kappa shape index (κ2) is 10.1. The third kappa shape index (κ3) is 4.81. The topological polar surface area (TPSA) is 94.7 Å². The van der Waals surface area contributed by atoms with Gasteiger partial charge in [0.15, 0.2) is 0 Å². The fourth-order valence-electron chi connectivity index (χ4n) is 4.43. The lowest BCUT2D eigenvalue weighted by Gasteiger charge is -2.22. The summed E-state index contributed by atoms with van der Waals surface area (Å²) < 4.78 is 7.39. The Kier molecular flexibility index (Phi) is 6.86. The van der Waals surface area contributed by atoms with E-state index in [0.717, 1.165) is 36.8 Å². The Hall–Kier alpha value is -3.90. The average molecular weight is 447 g/mol. The molecule has 0 spiro atoms. The van der Waals surface area contributed by atoms with Crippen LogP contribution < -0.4 is 21.3 Å². The molecular weight excluding hydrogens is 420 g/mol. The Morgan fingerprint density at radius 3 is 2.36 bits per heavy atom. The van der Waals surface area contributed by atoms with Gasteiger partial charge in [0.25, 0.3) is 6.08 Å². The highest BCUT2D eigenvalue weighted by Crippen LogP contribution is 2.36. The second-order valence-corrected chi connectivity index (χ2v) is 8.11. The van der Waals surface area contributed by atoms with Crippen molar-refractivity contribution in [1.29, 1.82) is 0 Å². The summed E-state index contributed by atoms with van der Waals surface area (Å²) >= 11 is 0. The van der Waals surface area contributed by atoms with Crippen LogP contribution in [0.4, 0.5) is 5.69 Å². The van der Waals surface area contributed by atoms with E-state index in [0.29, 0.717) is 28.4 Å². The maximum Gasteiger partial charge on any atom is 0.353 e. The highest BCUT2D eigenvalue weighted by molar-refractivity contribution is 5.50. The lowest BCUT2D eigenvalue weighted by Crippen LogP contribution is -2.42. The fourth-order valence-corrected chi connectivity index (χ4v) is 4.43. The van der Waals surface area contributed by atoms with E-state index in [1.165, 1.54) is 6.08 Å². The van der Waals surface area contributed by atoms with Crippen molar-refractivity contribution in [3.8, 4) is 5.75 Å². The molecule has 33 heavy (non-hydrogen) atoms. The van der Waals surface area contributed by atoms with Crippen LogP contribution in [0.3, 0.4) is 0 Å². The normalized spacial score (nSPS) is 13.5. The van der Waals surface area contributed by atoms with E-state index in [9.17, 15) is 14.4 Å². The van der Waals surface area contributed by atoms with Crippen molar-refractivity contribution in [2.75, 3.05) is 12.4 Å². The lowest BCUT2D eigenvalue weighted by atomic mass is 10.0. The van der Waals surface area contributed by atoms with E-state index < -0.39 is 11.2 Å². The van der Waals surface area contributed by atoms with Crippen LogP contribution in [-0.4, -0.2) is 22.4 Å². The van der Waals surface area contributed by atoms with Crippen molar-refractivity contribution in [3.63, 3.8) is 0 Å². The molecule has 2 aromatic carbocycles. The number of carbonyl (C=O) groups excluding carboxylic acids is 1. The minimum absolute atomic E-state index is 0.0665. The van der Waals surface area contributed by atoms with Crippen molar-refractivity contribution >= 4 is 11.8 Å². The summed E-state index contributed by atoms with van der Waals surface area (Å²) in [6, 6.07) is 17.1. The Morgan fingerprint density at radius 1 is 1.03 bits per heavy atom. The van der Waals surface area contributed by atoms with E-state index in [2.05, 4.69) is 10.4 Å². The number of hydrogen-bond donors (Lipinski definition) is 1. The summed E-state index contributed by atoms with van der Waals surface area (Å²) in [5.41, 5.74) is 1.56. The molecule has 3 aromatic rings. The summed E-state index contributed by atoms with van der Waals surface area (Å²) in [5, 5.41) is 6.67. The molecule has 0 atom stereocenters. The monoisotopic (exact) mass is 446 g/mol. The summed E-state index contributed by atoms with van der Waals surface area (Å²) in [6.45, 7) is 0.644. The standard InChI is InChI=1S/C25H26N4O4/c1-33-21-13-11-19(12-14-21)16-28-23(20-9-5-6-10-20)22(24(31)29(25(28)32)27-17-30)26-15-18-7-3-2-4-8-18/h2-4,7-8,11-14,20,26H,5-6,9-10,15-16H2,1H3. The number of rotatable bonds is 8. The zero-order chi connectivity index (χ0) is 23.2. The number of hydrogen-bond acceptors (Lipinski definition) is 6. The molecule has 1 fully saturated rings. The molecule has 0 aliphatic heterocycles. The van der Waals surface area contributed by atoms with Gasteiger partial charge in [-0.3, -0.25) is 9.36 Å². The van der Waals surface area contributed by atoms with E-state index in [4.69, 9.17) is 4.74 Å². The summed E-state index contributed by atoms with van der Waals surface area (Å²) in [7, 11) is 1.59. The largest absolute Gasteiger partial charge is 0.497 e. The molecule has 8 heteroatoms. The third-order valence-electron chi connectivity index (χ3n) is 6.06. The van der Waals surface area contributed by atoms with Gasteiger partial charge in [0.2, 0.25) is 0 Å². The van der Waals surface area contributed by atoms with E-state index in [1.807, 2.05) is 54.6 Å². The third-order valence-corrected chi connectivity index (χ3v) is 6.06. The SMILES string of the molecule is COc1ccc(Cn2c(C3CCCC3)c(NCc3ccccc3)c(=O)n(N=C=O)c2=O)cc1. The molecule has 1 aliphatic rings. The lowest BCUT2D eigenvalue weighted by molar-refractivity contribution is 0.414. The number of nitrogens with zero attached hydrogens (tertiary/aromatic N) is 3. The molecule has 1 N–H and O–H groups in total. The van der Waals surface area contributed by atoms with Gasteiger partial charge in [0.1, 0.15) is 11.4 Å². The zero-order valence-electron chi connectivity index (χ0n) is 18.5. The number of methoxy groups -OCH3 is 1. The number of ether oxygens (including phenoxy) is 1. The van der Waals surface area contributed by atoms with Gasteiger partial charge in [-0.1, -0.05) is 60.4 Å². The summed E-state index contributed by atoms with van der Waals surface area (Å²) in [6.07, 6.45) is 5.20. The maximum absolute atomic E-state index is 13.3. The number of nitrogens with one attached hydrogen (secondary N) is 1. The molecule has 0 radical (unpaired) electrons. The van der Waals surface area contributed by atoms with E-state index in [-0.39, 0.29) is 12.5 Å². The van der Waals surface area contributed by atoms with Gasteiger partial charge in [-0.25, -0.2) is 9.59 Å². The van der Waals surface area contributed by atoms with Crippen LogP contribution in [0, 0.1) is 0 Å². The Labute approximate surface area is 191 Å². The molecule has 1 heterocycles. The molecule has 1 aromatic heterocycles. The van der Waals surface area contributed by atoms with Crippen molar-refractivity contribution in [3.05, 3.63) is 92.3 Å². The average Bonchev–Trinajstić information content (AvgIpc) is 3.38. The minimum atomic E-state index is -0.647. The molecule has 0 amide bonds. The van der Waals surface area contributed by atoms with Crippen LogP contribution in [0.15, 0.2) is 69.3 Å². The Bertz CT molecular complexity index is 1270. The van der Waals surface area contributed by atoms with Crippen molar-refractivity contribution in [2.45, 2.75) is 44.7 Å². The molecule has 170 valence electrons. The highest BCUT2D eigenvalue weighted by Gasteiger charge is 2.28. The molecule has 0 unspecified atom stereocenters. The van der Waals surface area contributed by atoms with Crippen molar-refractivity contribution in [1.82, 2.24) is 9.24 Å². The molecule has 0 saturated heterocycles. The van der Waals surface area contributed by atoms with Crippen molar-refractivity contribution in [2.24, 2.45) is 5.10 Å². The number of anilines is 1. The van der Waals surface area contributed by atoms with Crippen LogP contribution in [0.25, 0.3) is 0 Å². The minimum Gasteiger partial charge on any atom is -0.497 e. The first-order valence-electron chi connectivity index (χ1n) is 11.0. The van der Waals surface area contributed by atoms with Crippen LogP contribution in [-0.2, 0) is 17.9 Å². The maximum atomic E-state index is 13.3. The molecule has 4 rings (SSSR count). The Morgan fingerprint density at radius 2 is 1.73 bits per heavy atom. The van der Waals surface area contributed by atoms with Gasteiger partial charge >= 0.3 is 11.2 Å². The molecule has 1 aliphatic carbocycles. The van der Waals surface area contributed by atoms with Gasteiger partial charge in [-0.05, 0) is 36.1 Å². The van der Waals surface area contributed by atoms with Crippen LogP contribution >= 0.6 is 0 Å². The predicted molar refractivity (Wildman–Crippen MR) is 126 cm³/mol. The van der Waals surface area contributed by atoms with Crippen LogP contribution in [0.5, 0.6) is 5.75 Å². The quantitative estimate of drug-likeness (QED) is 0.423. The molecular formula is C25H26N4O4. The fraction of sp³-hybridized carbons (Fsp3) is 0.320. The Balaban J connectivity index is 1.86. The first-order chi connectivity index (χ1) is 16.1. The van der Waals surface area contributed by atoms with Gasteiger partial charge in [0.05, 0.1) is 19.3 Å². The van der Waals surface area contributed by atoms with Crippen LogP contribution in [0.2, 0.25) is 0 Å². The number of isocyanates is 1. The van der Waals surface area contributed by atoms with Crippen LogP contribution in [0.1, 0.15) is 48.4 Å². The predicted octanol–water partition coefficient (Wildman–Crippen LogP) is 3.44. The molecule has 1 saturated carbocycles. The number of benzene rings is 2. The van der Waals surface area contributed by atoms with E-state index in [1.54, 1.807) is 11.7 Å². The van der Waals surface area contributed by atoms with Gasteiger partial charge in [-0.2, -0.15) is 0 Å². The molecule has 0 bridgehead atoms. The summed E-state index contributed by atoms with van der Waals surface area (Å²) in [5.74, 6) is 0.777. The molecule has 8 nitrogen and oxygen atoms in total. The first-order valence-corrected chi connectivity index (χ1v) is 11.0. The first kappa shape index (κ1) is 22.3.